The molecule has 23 heavy (non-hydrogen) atoms. The maximum Gasteiger partial charge on any atom is 0.329 e. The minimum Gasteiger partial charge on any atom is -0.496 e. The molecule has 1 fully saturated rings. The molecule has 0 radical (unpaired) electrons. The van der Waals surface area contributed by atoms with Crippen LogP contribution in [0, 0.1) is 11.3 Å². The van der Waals surface area contributed by atoms with Crippen LogP contribution >= 0.6 is 0 Å². The van der Waals surface area contributed by atoms with Crippen LogP contribution < -0.4 is 4.74 Å². The Morgan fingerprint density at radius 1 is 1.35 bits per heavy atom. The number of methoxy groups -OCH3 is 1. The van der Waals surface area contributed by atoms with Gasteiger partial charge < -0.3 is 9.47 Å². The van der Waals surface area contributed by atoms with Crippen LogP contribution in [0.3, 0.4) is 0 Å². The Kier molecular flexibility index (Phi) is 4.96. The Balaban J connectivity index is 2.06. The first-order valence-corrected chi connectivity index (χ1v) is 7.06. The van der Waals surface area contributed by atoms with E-state index in [0.717, 1.165) is 4.90 Å². The van der Waals surface area contributed by atoms with E-state index in [1.807, 2.05) is 6.07 Å². The molecule has 0 bridgehead atoms. The fraction of sp³-hybridized carbons (Fsp3) is 0.375. The quantitative estimate of drug-likeness (QED) is 0.597. The highest BCUT2D eigenvalue weighted by Crippen LogP contribution is 2.22. The van der Waals surface area contributed by atoms with Gasteiger partial charge in [-0.05, 0) is 25.1 Å². The van der Waals surface area contributed by atoms with Gasteiger partial charge in [0.15, 0.2) is 0 Å². The minimum absolute atomic E-state index is 0.113. The molecule has 7 nitrogen and oxygen atoms in total. The van der Waals surface area contributed by atoms with Gasteiger partial charge in [0, 0.05) is 18.4 Å². The molecule has 1 aliphatic heterocycles. The van der Waals surface area contributed by atoms with E-state index in [0.29, 0.717) is 16.9 Å². The van der Waals surface area contributed by atoms with E-state index >= 15 is 0 Å². The average molecular weight is 316 g/mol. The van der Waals surface area contributed by atoms with Crippen LogP contribution in [0.2, 0.25) is 0 Å². The van der Waals surface area contributed by atoms with Gasteiger partial charge in [-0.1, -0.05) is 0 Å². The third-order valence-electron chi connectivity index (χ3n) is 3.60. The molecule has 7 heteroatoms. The molecule has 0 N–H and O–H groups in total. The highest BCUT2D eigenvalue weighted by molar-refractivity contribution is 6.04. The molecule has 2 rings (SSSR count). The van der Waals surface area contributed by atoms with Gasteiger partial charge in [0.05, 0.1) is 18.7 Å². The lowest BCUT2D eigenvalue weighted by Crippen LogP contribution is -2.43. The monoisotopic (exact) mass is 316 g/mol. The predicted molar refractivity (Wildman–Crippen MR) is 78.1 cm³/mol. The van der Waals surface area contributed by atoms with Crippen LogP contribution in [-0.2, 0) is 25.7 Å². The van der Waals surface area contributed by atoms with Crippen molar-refractivity contribution < 1.29 is 23.9 Å². The number of hydrogen-bond donors (Lipinski definition) is 0. The van der Waals surface area contributed by atoms with Crippen molar-refractivity contribution in [3.63, 3.8) is 0 Å². The second-order valence-electron chi connectivity index (χ2n) is 5.08. The highest BCUT2D eigenvalue weighted by Gasteiger charge is 2.36. The number of rotatable bonds is 5. The molecule has 0 saturated carbocycles. The fourth-order valence-corrected chi connectivity index (χ4v) is 2.36. The van der Waals surface area contributed by atoms with E-state index in [1.54, 1.807) is 18.2 Å². The molecule has 1 unspecified atom stereocenters. The van der Waals surface area contributed by atoms with Crippen LogP contribution in [0.15, 0.2) is 18.2 Å². The van der Waals surface area contributed by atoms with Crippen LogP contribution in [0.25, 0.3) is 0 Å². The molecular weight excluding hydrogens is 300 g/mol. The molecule has 1 aromatic rings. The van der Waals surface area contributed by atoms with Gasteiger partial charge >= 0.3 is 5.97 Å². The lowest BCUT2D eigenvalue weighted by atomic mass is 10.1. The fourth-order valence-electron chi connectivity index (χ4n) is 2.36. The van der Waals surface area contributed by atoms with Gasteiger partial charge in [0.1, 0.15) is 18.4 Å². The van der Waals surface area contributed by atoms with Gasteiger partial charge in [0.2, 0.25) is 11.8 Å². The Hall–Kier alpha value is -2.88. The molecule has 1 saturated heterocycles. The summed E-state index contributed by atoms with van der Waals surface area (Å²) in [5.41, 5.74) is 0.945. The molecule has 0 aliphatic carbocycles. The molecule has 2 amide bonds. The minimum atomic E-state index is -0.970. The Labute approximate surface area is 133 Å². The summed E-state index contributed by atoms with van der Waals surface area (Å²) in [6, 6.07) is 5.78. The summed E-state index contributed by atoms with van der Waals surface area (Å²) in [5.74, 6) is -0.942. The zero-order valence-corrected chi connectivity index (χ0v) is 12.9. The van der Waals surface area contributed by atoms with E-state index in [9.17, 15) is 14.4 Å². The predicted octanol–water partition coefficient (Wildman–Crippen LogP) is 1.15. The smallest absolute Gasteiger partial charge is 0.329 e. The molecule has 120 valence electrons. The van der Waals surface area contributed by atoms with Crippen LogP contribution in [0.4, 0.5) is 0 Å². The number of benzene rings is 1. The highest BCUT2D eigenvalue weighted by atomic mass is 16.5. The molecule has 1 atom stereocenters. The number of esters is 1. The first kappa shape index (κ1) is 16.5. The van der Waals surface area contributed by atoms with Crippen LogP contribution in [0.5, 0.6) is 5.75 Å². The Morgan fingerprint density at radius 2 is 2.00 bits per heavy atom. The second-order valence-corrected chi connectivity index (χ2v) is 5.08. The average Bonchev–Trinajstić information content (AvgIpc) is 2.90. The summed E-state index contributed by atoms with van der Waals surface area (Å²) < 4.78 is 10.3. The topological polar surface area (TPSA) is 96.7 Å². The van der Waals surface area contributed by atoms with Crippen LogP contribution in [0.1, 0.15) is 30.9 Å². The SMILES string of the molecule is COc1ccc(C#N)cc1COC(=O)C(C)N1C(=O)CCC1=O. The summed E-state index contributed by atoms with van der Waals surface area (Å²) in [7, 11) is 1.47. The summed E-state index contributed by atoms with van der Waals surface area (Å²) in [5, 5.41) is 8.91. The van der Waals surface area contributed by atoms with Crippen molar-refractivity contribution in [2.24, 2.45) is 0 Å². The van der Waals surface area contributed by atoms with Crippen molar-refractivity contribution in [3.05, 3.63) is 29.3 Å². The maximum absolute atomic E-state index is 12.1. The summed E-state index contributed by atoms with van der Waals surface area (Å²) in [4.78, 5) is 36.3. The number of amides is 2. The first-order chi connectivity index (χ1) is 11.0. The van der Waals surface area contributed by atoms with Crippen molar-refractivity contribution in [3.8, 4) is 11.8 Å². The van der Waals surface area contributed by atoms with Crippen molar-refractivity contribution in [2.75, 3.05) is 7.11 Å². The zero-order chi connectivity index (χ0) is 17.0. The van der Waals surface area contributed by atoms with Gasteiger partial charge in [0.25, 0.3) is 0 Å². The molecular formula is C16H16N2O5. The van der Waals surface area contributed by atoms with Crippen molar-refractivity contribution in [2.45, 2.75) is 32.4 Å². The Bertz CT molecular complexity index is 676. The van der Waals surface area contributed by atoms with Gasteiger partial charge in [-0.3, -0.25) is 14.5 Å². The molecule has 0 spiro atoms. The Morgan fingerprint density at radius 3 is 2.57 bits per heavy atom. The van der Waals surface area contributed by atoms with Crippen molar-refractivity contribution in [1.29, 1.82) is 5.26 Å². The van der Waals surface area contributed by atoms with Crippen molar-refractivity contribution in [1.82, 2.24) is 4.90 Å². The van der Waals surface area contributed by atoms with E-state index in [-0.39, 0.29) is 31.3 Å². The number of carbonyl (C=O) groups is 3. The third-order valence-corrected chi connectivity index (χ3v) is 3.60. The number of carbonyl (C=O) groups excluding carboxylic acids is 3. The number of nitrogens with zero attached hydrogens (tertiary/aromatic N) is 2. The standard InChI is InChI=1S/C16H16N2O5/c1-10(18-14(19)5-6-15(18)20)16(21)23-9-12-7-11(8-17)3-4-13(12)22-2/h3-4,7,10H,5-6,9H2,1-2H3. The lowest BCUT2D eigenvalue weighted by molar-refractivity contribution is -0.158. The molecule has 1 aromatic carbocycles. The van der Waals surface area contributed by atoms with E-state index in [1.165, 1.54) is 14.0 Å². The zero-order valence-electron chi connectivity index (χ0n) is 12.9. The molecule has 1 aliphatic rings. The van der Waals surface area contributed by atoms with Crippen LogP contribution in [-0.4, -0.2) is 35.8 Å². The first-order valence-electron chi connectivity index (χ1n) is 7.06. The number of ether oxygens (including phenoxy) is 2. The summed E-state index contributed by atoms with van der Waals surface area (Å²) in [6.07, 6.45) is 0.239. The van der Waals surface area contributed by atoms with Gasteiger partial charge in [-0.2, -0.15) is 5.26 Å². The number of likely N-dealkylation sites (tertiary alicyclic amines) is 1. The molecule has 0 aromatic heterocycles. The third kappa shape index (κ3) is 3.48. The number of hydrogen-bond acceptors (Lipinski definition) is 6. The maximum atomic E-state index is 12.1. The summed E-state index contributed by atoms with van der Waals surface area (Å²) in [6.45, 7) is 1.34. The van der Waals surface area contributed by atoms with E-state index in [4.69, 9.17) is 14.7 Å². The summed E-state index contributed by atoms with van der Waals surface area (Å²) >= 11 is 0. The van der Waals surface area contributed by atoms with E-state index < -0.39 is 12.0 Å². The second kappa shape index (κ2) is 6.92. The normalized spacial score (nSPS) is 15.3. The largest absolute Gasteiger partial charge is 0.496 e. The lowest BCUT2D eigenvalue weighted by Gasteiger charge is -2.21. The van der Waals surface area contributed by atoms with Crippen molar-refractivity contribution >= 4 is 17.8 Å². The van der Waals surface area contributed by atoms with Gasteiger partial charge in [-0.15, -0.1) is 0 Å². The molecule has 1 heterocycles. The van der Waals surface area contributed by atoms with E-state index in [2.05, 4.69) is 0 Å². The number of nitriles is 1. The number of imide groups is 1. The van der Waals surface area contributed by atoms with Gasteiger partial charge in [-0.25, -0.2) is 4.79 Å².